The zero-order chi connectivity index (χ0) is 27.6. The number of aliphatic hydroxyl groups excluding tert-OH is 2. The lowest BCUT2D eigenvalue weighted by atomic mass is 9.91. The number of carbonyl (C=O) groups is 1. The Labute approximate surface area is 235 Å². The molecule has 1 amide bonds. The van der Waals surface area contributed by atoms with E-state index in [9.17, 15) is 9.18 Å². The number of nitrogens with zero attached hydrogens (tertiary/aromatic N) is 4. The summed E-state index contributed by atoms with van der Waals surface area (Å²) in [6.07, 6.45) is 10.1. The molecule has 2 saturated heterocycles. The van der Waals surface area contributed by atoms with Crippen LogP contribution in [0.2, 0.25) is 5.02 Å². The SMILES string of the molecule is O=C(Cc1ccc(OCCCC2CCN(c3ncc(Cl)cn3)CC2)cc1F)N1CC(CCCC(CO)CO)C1. The van der Waals surface area contributed by atoms with Crippen molar-refractivity contribution in [3.63, 3.8) is 0 Å². The third-order valence-corrected chi connectivity index (χ3v) is 8.14. The molecule has 0 aliphatic carbocycles. The summed E-state index contributed by atoms with van der Waals surface area (Å²) in [7, 11) is 0. The number of hydrogen-bond acceptors (Lipinski definition) is 7. The van der Waals surface area contributed by atoms with Crippen LogP contribution in [0.15, 0.2) is 30.6 Å². The van der Waals surface area contributed by atoms with Crippen molar-refractivity contribution in [3.05, 3.63) is 47.0 Å². The van der Waals surface area contributed by atoms with E-state index in [-0.39, 0.29) is 31.5 Å². The van der Waals surface area contributed by atoms with Crippen molar-refractivity contribution in [3.8, 4) is 5.75 Å². The summed E-state index contributed by atoms with van der Waals surface area (Å²) in [4.78, 5) is 25.1. The van der Waals surface area contributed by atoms with E-state index in [4.69, 9.17) is 26.6 Å². The number of halogens is 2. The minimum atomic E-state index is -0.409. The van der Waals surface area contributed by atoms with Gasteiger partial charge in [-0.05, 0) is 62.0 Å². The van der Waals surface area contributed by atoms with E-state index in [0.717, 1.165) is 64.0 Å². The lowest BCUT2D eigenvalue weighted by Crippen LogP contribution is -2.50. The molecular formula is C29H40ClFN4O4. The van der Waals surface area contributed by atoms with E-state index < -0.39 is 5.82 Å². The zero-order valence-electron chi connectivity index (χ0n) is 22.5. The van der Waals surface area contributed by atoms with Gasteiger partial charge in [0.1, 0.15) is 11.6 Å². The van der Waals surface area contributed by atoms with E-state index in [1.807, 2.05) is 0 Å². The van der Waals surface area contributed by atoms with Crippen molar-refractivity contribution in [2.75, 3.05) is 50.9 Å². The summed E-state index contributed by atoms with van der Waals surface area (Å²) in [5.41, 5.74) is 0.390. The van der Waals surface area contributed by atoms with E-state index in [1.54, 1.807) is 29.4 Å². The summed E-state index contributed by atoms with van der Waals surface area (Å²) in [5, 5.41) is 18.8. The molecule has 8 nitrogen and oxygen atoms in total. The molecule has 1 aromatic carbocycles. The van der Waals surface area contributed by atoms with Gasteiger partial charge in [-0.1, -0.05) is 24.1 Å². The van der Waals surface area contributed by atoms with Gasteiger partial charge in [0.25, 0.3) is 0 Å². The van der Waals surface area contributed by atoms with Gasteiger partial charge in [0.15, 0.2) is 0 Å². The highest BCUT2D eigenvalue weighted by atomic mass is 35.5. The van der Waals surface area contributed by atoms with Crippen LogP contribution in [0.25, 0.3) is 0 Å². The van der Waals surface area contributed by atoms with Gasteiger partial charge in [-0.25, -0.2) is 14.4 Å². The minimum Gasteiger partial charge on any atom is -0.493 e. The number of rotatable bonds is 14. The molecule has 0 radical (unpaired) electrons. The Morgan fingerprint density at radius 2 is 1.77 bits per heavy atom. The van der Waals surface area contributed by atoms with Crippen molar-refractivity contribution in [1.29, 1.82) is 0 Å². The fraction of sp³-hybridized carbons (Fsp3) is 0.621. The number of aliphatic hydroxyl groups is 2. The summed E-state index contributed by atoms with van der Waals surface area (Å²) in [5.74, 6) is 1.76. The number of carbonyl (C=O) groups excluding carboxylic acids is 1. The number of likely N-dealkylation sites (tertiary alicyclic amines) is 1. The summed E-state index contributed by atoms with van der Waals surface area (Å²) < 4.78 is 20.5. The number of piperidine rings is 1. The molecule has 0 bridgehead atoms. The van der Waals surface area contributed by atoms with Crippen LogP contribution in [-0.4, -0.2) is 77.0 Å². The first-order valence-electron chi connectivity index (χ1n) is 14.1. The van der Waals surface area contributed by atoms with Gasteiger partial charge in [-0.2, -0.15) is 0 Å². The quantitative estimate of drug-likeness (QED) is 0.334. The molecule has 39 heavy (non-hydrogen) atoms. The largest absolute Gasteiger partial charge is 0.493 e. The Hall–Kier alpha value is -2.49. The van der Waals surface area contributed by atoms with Crippen LogP contribution in [0.1, 0.15) is 50.5 Å². The smallest absolute Gasteiger partial charge is 0.227 e. The highest BCUT2D eigenvalue weighted by molar-refractivity contribution is 6.30. The molecule has 0 saturated carbocycles. The highest BCUT2D eigenvalue weighted by Crippen LogP contribution is 2.26. The topological polar surface area (TPSA) is 99.0 Å². The average molecular weight is 563 g/mol. The Morgan fingerprint density at radius 3 is 2.44 bits per heavy atom. The molecule has 214 valence electrons. The molecule has 2 aliphatic rings. The van der Waals surface area contributed by atoms with Gasteiger partial charge < -0.3 is 24.7 Å². The fourth-order valence-corrected chi connectivity index (χ4v) is 5.48. The standard InChI is InChI=1S/C29H40ClFN4O4/c30-25-15-32-29(33-16-25)34-10-8-21(9-11-34)5-2-12-39-26-7-6-24(27(31)14-26)13-28(38)35-17-22(18-35)3-1-4-23(19-36)20-37/h6-7,14-16,21-23,36-37H,1-5,8-13,17-20H2. The molecule has 0 unspecified atom stereocenters. The first kappa shape index (κ1) is 29.5. The number of anilines is 1. The second kappa shape index (κ2) is 14.8. The van der Waals surface area contributed by atoms with Crippen molar-refractivity contribution in [1.82, 2.24) is 14.9 Å². The number of ether oxygens (including phenoxy) is 1. The predicted octanol–water partition coefficient (Wildman–Crippen LogP) is 4.12. The maximum atomic E-state index is 14.7. The Kier molecular flexibility index (Phi) is 11.2. The molecule has 2 fully saturated rings. The van der Waals surface area contributed by atoms with Crippen LogP contribution in [0.3, 0.4) is 0 Å². The third-order valence-electron chi connectivity index (χ3n) is 7.95. The van der Waals surface area contributed by atoms with Gasteiger partial charge >= 0.3 is 0 Å². The van der Waals surface area contributed by atoms with E-state index >= 15 is 0 Å². The molecule has 2 aromatic rings. The Morgan fingerprint density at radius 1 is 1.08 bits per heavy atom. The first-order valence-corrected chi connectivity index (χ1v) is 14.5. The van der Waals surface area contributed by atoms with Crippen LogP contribution >= 0.6 is 11.6 Å². The minimum absolute atomic E-state index is 0.00353. The van der Waals surface area contributed by atoms with E-state index in [2.05, 4.69) is 14.9 Å². The van der Waals surface area contributed by atoms with Gasteiger partial charge in [0, 0.05) is 51.4 Å². The molecule has 2 aliphatic heterocycles. The van der Waals surface area contributed by atoms with Gasteiger partial charge in [-0.15, -0.1) is 0 Å². The molecular weight excluding hydrogens is 523 g/mol. The molecule has 10 heteroatoms. The van der Waals surface area contributed by atoms with Crippen LogP contribution in [0, 0.1) is 23.6 Å². The normalized spacial score (nSPS) is 16.5. The number of benzene rings is 1. The predicted molar refractivity (Wildman–Crippen MR) is 148 cm³/mol. The summed E-state index contributed by atoms with van der Waals surface area (Å²) in [6.45, 7) is 3.77. The maximum absolute atomic E-state index is 14.7. The van der Waals surface area contributed by atoms with E-state index in [1.165, 1.54) is 6.07 Å². The second-order valence-electron chi connectivity index (χ2n) is 10.9. The van der Waals surface area contributed by atoms with Crippen molar-refractivity contribution in [2.24, 2.45) is 17.8 Å². The van der Waals surface area contributed by atoms with Crippen molar-refractivity contribution in [2.45, 2.75) is 51.4 Å². The highest BCUT2D eigenvalue weighted by Gasteiger charge is 2.30. The fourth-order valence-electron chi connectivity index (χ4n) is 5.38. The van der Waals surface area contributed by atoms with Crippen LogP contribution in [0.4, 0.5) is 10.3 Å². The average Bonchev–Trinajstić information content (AvgIpc) is 2.92. The maximum Gasteiger partial charge on any atom is 0.227 e. The Balaban J connectivity index is 1.09. The van der Waals surface area contributed by atoms with Gasteiger partial charge in [-0.3, -0.25) is 4.79 Å². The van der Waals surface area contributed by atoms with Crippen LogP contribution < -0.4 is 9.64 Å². The molecule has 2 N–H and O–H groups in total. The summed E-state index contributed by atoms with van der Waals surface area (Å²) >= 11 is 5.87. The van der Waals surface area contributed by atoms with Gasteiger partial charge in [0.2, 0.25) is 11.9 Å². The van der Waals surface area contributed by atoms with Crippen molar-refractivity contribution < 1.29 is 24.1 Å². The molecule has 1 aromatic heterocycles. The lowest BCUT2D eigenvalue weighted by Gasteiger charge is -2.39. The Bertz CT molecular complexity index is 1040. The number of amides is 1. The first-order chi connectivity index (χ1) is 18.9. The molecule has 4 rings (SSSR count). The van der Waals surface area contributed by atoms with Crippen LogP contribution in [0.5, 0.6) is 5.75 Å². The third kappa shape index (κ3) is 8.75. The number of hydrogen-bond donors (Lipinski definition) is 2. The summed E-state index contributed by atoms with van der Waals surface area (Å²) in [6, 6.07) is 4.77. The lowest BCUT2D eigenvalue weighted by molar-refractivity contribution is -0.137. The second-order valence-corrected chi connectivity index (χ2v) is 11.3. The zero-order valence-corrected chi connectivity index (χ0v) is 23.2. The molecule has 0 atom stereocenters. The van der Waals surface area contributed by atoms with Gasteiger partial charge in [0.05, 0.1) is 30.4 Å². The van der Waals surface area contributed by atoms with Crippen molar-refractivity contribution >= 4 is 23.5 Å². The number of aromatic nitrogens is 2. The van der Waals surface area contributed by atoms with E-state index in [0.29, 0.717) is 47.9 Å². The molecule has 3 heterocycles. The molecule has 0 spiro atoms. The van der Waals surface area contributed by atoms with Crippen LogP contribution in [-0.2, 0) is 11.2 Å². The monoisotopic (exact) mass is 562 g/mol.